The average Bonchev–Trinajstić information content (AvgIpc) is 2.55. The van der Waals surface area contributed by atoms with Crippen molar-refractivity contribution < 1.29 is 14.4 Å². The number of rotatable bonds is 3. The Hall–Kier alpha value is -1.20. The summed E-state index contributed by atoms with van der Waals surface area (Å²) in [7, 11) is -1.21. The second kappa shape index (κ2) is 4.48. The molecule has 1 N–H and O–H groups in total. The molecule has 1 aliphatic heterocycles. The largest absolute Gasteiger partial charge is 0.480 e. The van der Waals surface area contributed by atoms with Gasteiger partial charge in [0.2, 0.25) is 0 Å². The van der Waals surface area contributed by atoms with Crippen LogP contribution in [0.1, 0.15) is 27.2 Å². The molecule has 0 bridgehead atoms. The standard InChI is InChI=1S/C13H19NO3Si/c1-12(2)7-8-14(13(12,3)11(15)16)17-18-9-5-4-6-10-18/h4-6,9-10H,7-8H2,1-3H3,(H,15,16)/t13-/m1/s1. The van der Waals surface area contributed by atoms with Crippen LogP contribution in [-0.4, -0.2) is 36.9 Å². The molecule has 5 heteroatoms. The van der Waals surface area contributed by atoms with E-state index in [0.717, 1.165) is 6.42 Å². The van der Waals surface area contributed by atoms with Crippen molar-refractivity contribution in [1.82, 2.24) is 5.06 Å². The van der Waals surface area contributed by atoms with E-state index in [2.05, 4.69) is 0 Å². The molecule has 1 aromatic rings. The Morgan fingerprint density at radius 3 is 2.44 bits per heavy atom. The highest BCUT2D eigenvalue weighted by Gasteiger charge is 2.57. The van der Waals surface area contributed by atoms with Crippen molar-refractivity contribution in [2.75, 3.05) is 6.54 Å². The van der Waals surface area contributed by atoms with Crippen molar-refractivity contribution in [2.24, 2.45) is 5.41 Å². The smallest absolute Gasteiger partial charge is 0.327 e. The molecule has 0 aromatic carbocycles. The highest BCUT2D eigenvalue weighted by atomic mass is 28.3. The van der Waals surface area contributed by atoms with Crippen LogP contribution in [0.2, 0.25) is 0 Å². The molecule has 0 saturated carbocycles. The van der Waals surface area contributed by atoms with Crippen LogP contribution in [0.4, 0.5) is 0 Å². The second-order valence-corrected chi connectivity index (χ2v) is 7.17. The van der Waals surface area contributed by atoms with Crippen LogP contribution in [0.25, 0.3) is 0 Å². The second-order valence-electron chi connectivity index (χ2n) is 5.52. The Morgan fingerprint density at radius 2 is 1.89 bits per heavy atom. The number of carbonyl (C=O) groups is 1. The van der Waals surface area contributed by atoms with Gasteiger partial charge in [-0.2, -0.15) is 0 Å². The molecule has 1 saturated heterocycles. The summed E-state index contributed by atoms with van der Waals surface area (Å²) in [6.07, 6.45) is 0.824. The summed E-state index contributed by atoms with van der Waals surface area (Å²) in [5.41, 5.74) is 2.76. The molecule has 2 rings (SSSR count). The van der Waals surface area contributed by atoms with E-state index in [1.807, 2.05) is 43.4 Å². The van der Waals surface area contributed by atoms with Gasteiger partial charge in [0, 0.05) is 6.54 Å². The minimum atomic E-state index is -1.21. The topological polar surface area (TPSA) is 49.8 Å². The summed E-state index contributed by atoms with van der Waals surface area (Å²) in [6, 6.07) is 5.85. The van der Waals surface area contributed by atoms with Crippen molar-refractivity contribution in [3.63, 3.8) is 0 Å². The fourth-order valence-electron chi connectivity index (χ4n) is 2.33. The van der Waals surface area contributed by atoms with Gasteiger partial charge in [0.15, 0.2) is 5.54 Å². The van der Waals surface area contributed by atoms with E-state index in [9.17, 15) is 9.90 Å². The number of aliphatic carboxylic acids is 1. The molecule has 1 atom stereocenters. The van der Waals surface area contributed by atoms with Gasteiger partial charge >= 0.3 is 5.97 Å². The number of carboxylic acid groups (broad SMARTS) is 1. The lowest BCUT2D eigenvalue weighted by atomic mass is 9.74. The van der Waals surface area contributed by atoms with Crippen LogP contribution in [0.5, 0.6) is 0 Å². The van der Waals surface area contributed by atoms with Gasteiger partial charge in [-0.3, -0.25) is 4.79 Å². The van der Waals surface area contributed by atoms with Crippen LogP contribution >= 0.6 is 0 Å². The Kier molecular flexibility index (Phi) is 3.29. The Labute approximate surface area is 109 Å². The fraction of sp³-hybridized carbons (Fsp3) is 0.538. The molecule has 4 nitrogen and oxygen atoms in total. The van der Waals surface area contributed by atoms with Gasteiger partial charge in [-0.1, -0.05) is 32.0 Å². The van der Waals surface area contributed by atoms with E-state index in [1.54, 1.807) is 12.0 Å². The maximum absolute atomic E-state index is 11.6. The molecule has 1 aliphatic rings. The molecular weight excluding hydrogens is 246 g/mol. The van der Waals surface area contributed by atoms with Gasteiger partial charge in [0.05, 0.1) is 0 Å². The highest BCUT2D eigenvalue weighted by Crippen LogP contribution is 2.44. The van der Waals surface area contributed by atoms with Crippen LogP contribution < -0.4 is 4.53 Å². The van der Waals surface area contributed by atoms with Crippen LogP contribution in [0.3, 0.4) is 0 Å². The maximum atomic E-state index is 11.6. The molecule has 1 fully saturated rings. The van der Waals surface area contributed by atoms with E-state index in [-0.39, 0.29) is 5.41 Å². The molecule has 0 amide bonds. The first kappa shape index (κ1) is 13.2. The first-order valence-corrected chi connectivity index (χ1v) is 7.68. The maximum Gasteiger partial charge on any atom is 0.327 e. The molecule has 0 radical (unpaired) electrons. The molecule has 18 heavy (non-hydrogen) atoms. The molecule has 0 unspecified atom stereocenters. The summed E-state index contributed by atoms with van der Waals surface area (Å²) in [4.78, 5) is 11.6. The number of hydrogen-bond donors (Lipinski definition) is 1. The Morgan fingerprint density at radius 1 is 1.28 bits per heavy atom. The summed E-state index contributed by atoms with van der Waals surface area (Å²) in [5, 5.41) is 11.2. The minimum Gasteiger partial charge on any atom is -0.480 e. The molecule has 0 aliphatic carbocycles. The quantitative estimate of drug-likeness (QED) is 0.844. The van der Waals surface area contributed by atoms with E-state index in [0.29, 0.717) is 6.54 Å². The number of nitrogens with zero attached hydrogens (tertiary/aromatic N) is 1. The summed E-state index contributed by atoms with van der Waals surface area (Å²) >= 11 is 0. The zero-order valence-corrected chi connectivity index (χ0v) is 12.0. The van der Waals surface area contributed by atoms with Gasteiger partial charge in [0.1, 0.15) is 0 Å². The normalized spacial score (nSPS) is 27.1. The lowest BCUT2D eigenvalue weighted by molar-refractivity contribution is -0.173. The summed E-state index contributed by atoms with van der Waals surface area (Å²) in [6.45, 7) is 6.40. The third kappa shape index (κ3) is 1.97. The molecule has 0 spiro atoms. The van der Waals surface area contributed by atoms with Crippen molar-refractivity contribution in [3.05, 3.63) is 29.6 Å². The first-order valence-electron chi connectivity index (χ1n) is 6.12. The first-order chi connectivity index (χ1) is 8.38. The van der Waals surface area contributed by atoms with Crippen molar-refractivity contribution in [2.45, 2.75) is 32.7 Å². The average molecular weight is 265 g/mol. The lowest BCUT2D eigenvalue weighted by Crippen LogP contribution is -2.58. The fourth-order valence-corrected chi connectivity index (χ4v) is 3.69. The van der Waals surface area contributed by atoms with Gasteiger partial charge in [-0.25, -0.2) is 0 Å². The summed E-state index contributed by atoms with van der Waals surface area (Å²) in [5.74, 6) is -0.817. The minimum absolute atomic E-state index is 0.296. The molecule has 2 heterocycles. The Bertz CT molecular complexity index is 449. The number of carboxylic acids is 1. The van der Waals surface area contributed by atoms with Crippen LogP contribution in [-0.2, 0) is 4.79 Å². The van der Waals surface area contributed by atoms with Crippen LogP contribution in [0.15, 0.2) is 29.6 Å². The van der Waals surface area contributed by atoms with E-state index >= 15 is 0 Å². The summed E-state index contributed by atoms with van der Waals surface area (Å²) < 4.78 is 5.93. The van der Waals surface area contributed by atoms with Crippen molar-refractivity contribution in [1.29, 1.82) is 0 Å². The predicted octanol–water partition coefficient (Wildman–Crippen LogP) is 1.63. The van der Waals surface area contributed by atoms with Gasteiger partial charge in [-0.15, -0.1) is 5.06 Å². The molecular formula is C13H19NO3Si. The SMILES string of the molecule is CC1(C)CCN(O[si]2ccccc2)[C@]1(C)C(=O)O. The van der Waals surface area contributed by atoms with E-state index < -0.39 is 20.1 Å². The monoisotopic (exact) mass is 265 g/mol. The predicted molar refractivity (Wildman–Crippen MR) is 70.1 cm³/mol. The third-order valence-electron chi connectivity index (χ3n) is 4.13. The van der Waals surface area contributed by atoms with Crippen LogP contribution in [0, 0.1) is 5.41 Å². The van der Waals surface area contributed by atoms with E-state index in [1.165, 1.54) is 0 Å². The highest BCUT2D eigenvalue weighted by molar-refractivity contribution is 6.43. The van der Waals surface area contributed by atoms with E-state index in [4.69, 9.17) is 4.53 Å². The number of hydroxylamine groups is 2. The number of hydrogen-bond acceptors (Lipinski definition) is 3. The zero-order valence-electron chi connectivity index (χ0n) is 11.0. The van der Waals surface area contributed by atoms with Crippen molar-refractivity contribution >= 4 is 14.6 Å². The van der Waals surface area contributed by atoms with Gasteiger partial charge in [-0.05, 0) is 30.1 Å². The lowest BCUT2D eigenvalue weighted by Gasteiger charge is -2.39. The molecule has 98 valence electrons. The third-order valence-corrected chi connectivity index (χ3v) is 5.60. The molecule has 1 aromatic heterocycles. The Balaban J connectivity index is 2.26. The van der Waals surface area contributed by atoms with Gasteiger partial charge in [0.25, 0.3) is 8.64 Å². The zero-order chi connectivity index (χ0) is 13.4. The van der Waals surface area contributed by atoms with Crippen molar-refractivity contribution in [3.8, 4) is 0 Å². The van der Waals surface area contributed by atoms with Gasteiger partial charge < -0.3 is 9.63 Å².